The first-order chi connectivity index (χ1) is 7.43. The minimum atomic E-state index is -0.698. The van der Waals surface area contributed by atoms with Crippen LogP contribution in [0.1, 0.15) is 10.4 Å². The van der Waals surface area contributed by atoms with Crippen LogP contribution in [0.3, 0.4) is 0 Å². The van der Waals surface area contributed by atoms with E-state index in [1.54, 1.807) is 0 Å². The van der Waals surface area contributed by atoms with Crippen LogP contribution in [0, 0.1) is 10.1 Å². The second-order valence-electron chi connectivity index (χ2n) is 2.82. The summed E-state index contributed by atoms with van der Waals surface area (Å²) in [6.45, 7) is 0. The van der Waals surface area contributed by atoms with Crippen molar-refractivity contribution < 1.29 is 9.72 Å². The van der Waals surface area contributed by atoms with Crippen LogP contribution >= 0.6 is 12.2 Å². The predicted molar refractivity (Wildman–Crippen MR) is 60.2 cm³/mol. The molecule has 0 unspecified atom stereocenters. The molecule has 16 heavy (non-hydrogen) atoms. The molecule has 0 fully saturated rings. The Hall–Kier alpha value is -2.06. The summed E-state index contributed by atoms with van der Waals surface area (Å²) in [5.74, 6) is 4.57. The summed E-state index contributed by atoms with van der Waals surface area (Å²) < 4.78 is 0. The van der Waals surface area contributed by atoms with Gasteiger partial charge in [0.25, 0.3) is 11.6 Å². The number of hydrogen-bond donors (Lipinski definition) is 2. The van der Waals surface area contributed by atoms with Crippen molar-refractivity contribution in [3.8, 4) is 0 Å². The lowest BCUT2D eigenvalue weighted by atomic mass is 10.2. The van der Waals surface area contributed by atoms with Gasteiger partial charge in [-0.1, -0.05) is 6.07 Å². The summed E-state index contributed by atoms with van der Waals surface area (Å²) in [5.41, 5.74) is 4.99. The Morgan fingerprint density at radius 2 is 2.12 bits per heavy atom. The van der Waals surface area contributed by atoms with Gasteiger partial charge in [0.15, 0.2) is 5.11 Å². The zero-order chi connectivity index (χ0) is 12.3. The Balaban J connectivity index is 3.05. The molecular weight excluding hydrogens is 232 g/mol. The van der Waals surface area contributed by atoms with E-state index in [-0.39, 0.29) is 16.4 Å². The van der Waals surface area contributed by atoms with Crippen LogP contribution in [0.4, 0.5) is 5.69 Å². The first-order valence-corrected chi connectivity index (χ1v) is 4.47. The number of nitro benzene ring substituents is 1. The maximum atomic E-state index is 11.6. The molecule has 1 amide bonds. The second kappa shape index (κ2) is 4.64. The van der Waals surface area contributed by atoms with Gasteiger partial charge in [-0.25, -0.2) is 10.9 Å². The van der Waals surface area contributed by atoms with Crippen molar-refractivity contribution in [2.24, 2.45) is 11.6 Å². The Morgan fingerprint density at radius 3 is 2.62 bits per heavy atom. The molecule has 8 heteroatoms. The molecule has 0 radical (unpaired) electrons. The van der Waals surface area contributed by atoms with E-state index >= 15 is 0 Å². The van der Waals surface area contributed by atoms with E-state index in [0.29, 0.717) is 5.01 Å². The molecule has 0 aliphatic rings. The summed E-state index contributed by atoms with van der Waals surface area (Å²) in [6, 6.07) is 5.12. The van der Waals surface area contributed by atoms with Gasteiger partial charge in [-0.05, 0) is 18.3 Å². The summed E-state index contributed by atoms with van der Waals surface area (Å²) in [7, 11) is 0. The van der Waals surface area contributed by atoms with E-state index < -0.39 is 10.8 Å². The molecule has 0 aliphatic heterocycles. The van der Waals surface area contributed by atoms with E-state index in [1.807, 2.05) is 0 Å². The maximum Gasteiger partial charge on any atom is 0.274 e. The highest BCUT2D eigenvalue weighted by Crippen LogP contribution is 2.13. The van der Waals surface area contributed by atoms with Gasteiger partial charge >= 0.3 is 0 Å². The molecule has 84 valence electrons. The first-order valence-electron chi connectivity index (χ1n) is 4.06. The Kier molecular flexibility index (Phi) is 3.48. The molecule has 0 atom stereocenters. The van der Waals surface area contributed by atoms with E-state index in [0.717, 1.165) is 6.07 Å². The highest BCUT2D eigenvalue weighted by molar-refractivity contribution is 7.80. The number of hydrogen-bond acceptors (Lipinski definition) is 5. The number of thiocarbonyl (C=S) groups is 1. The van der Waals surface area contributed by atoms with E-state index in [9.17, 15) is 14.9 Å². The van der Waals surface area contributed by atoms with Gasteiger partial charge < -0.3 is 5.73 Å². The Morgan fingerprint density at radius 1 is 1.50 bits per heavy atom. The highest BCUT2D eigenvalue weighted by atomic mass is 32.1. The monoisotopic (exact) mass is 240 g/mol. The summed E-state index contributed by atoms with van der Waals surface area (Å²) in [5, 5.41) is 10.7. The van der Waals surface area contributed by atoms with E-state index in [4.69, 9.17) is 11.6 Å². The highest BCUT2D eigenvalue weighted by Gasteiger charge is 2.17. The van der Waals surface area contributed by atoms with Gasteiger partial charge in [0.1, 0.15) is 0 Å². The average molecular weight is 240 g/mol. The van der Waals surface area contributed by atoms with Crippen LogP contribution in [0.25, 0.3) is 0 Å². The van der Waals surface area contributed by atoms with Crippen molar-refractivity contribution in [3.05, 3.63) is 39.9 Å². The Labute approximate surface area is 95.7 Å². The van der Waals surface area contributed by atoms with Gasteiger partial charge in [-0.3, -0.25) is 14.9 Å². The predicted octanol–water partition coefficient (Wildman–Crippen LogP) is 0.154. The van der Waals surface area contributed by atoms with Crippen molar-refractivity contribution in [2.45, 2.75) is 0 Å². The summed E-state index contributed by atoms with van der Waals surface area (Å²) in [6.07, 6.45) is 0. The minimum Gasteiger partial charge on any atom is -0.375 e. The zero-order valence-corrected chi connectivity index (χ0v) is 8.81. The standard InChI is InChI=1S/C8H8N4O3S/c9-8(16)11(10)7(13)5-2-1-3-6(4-5)12(14)15/h1-4H,10H2,(H2,9,16). The number of nitrogens with two attached hydrogens (primary N) is 2. The molecular formula is C8H8N4O3S. The first kappa shape index (κ1) is 12.0. The van der Waals surface area contributed by atoms with Gasteiger partial charge in [0.2, 0.25) is 0 Å². The molecule has 1 aromatic carbocycles. The summed E-state index contributed by atoms with van der Waals surface area (Å²) in [4.78, 5) is 21.4. The number of amides is 1. The number of rotatable bonds is 2. The van der Waals surface area contributed by atoms with Crippen LogP contribution in [0.2, 0.25) is 0 Å². The number of nitrogens with zero attached hydrogens (tertiary/aromatic N) is 2. The lowest BCUT2D eigenvalue weighted by Gasteiger charge is -2.13. The Bertz CT molecular complexity index is 462. The molecule has 0 saturated carbocycles. The molecule has 0 aromatic heterocycles. The summed E-state index contributed by atoms with van der Waals surface area (Å²) >= 11 is 4.50. The molecule has 0 heterocycles. The molecule has 0 spiro atoms. The van der Waals surface area contributed by atoms with Gasteiger partial charge in [-0.2, -0.15) is 0 Å². The van der Waals surface area contributed by atoms with Crippen molar-refractivity contribution in [1.29, 1.82) is 0 Å². The largest absolute Gasteiger partial charge is 0.375 e. The van der Waals surface area contributed by atoms with Crippen molar-refractivity contribution >= 4 is 28.9 Å². The average Bonchev–Trinajstić information content (AvgIpc) is 2.27. The fraction of sp³-hybridized carbons (Fsp3) is 0. The molecule has 1 aromatic rings. The number of benzene rings is 1. The third-order valence-electron chi connectivity index (χ3n) is 1.76. The normalized spacial score (nSPS) is 9.56. The number of non-ortho nitro benzene ring substituents is 1. The smallest absolute Gasteiger partial charge is 0.274 e. The molecule has 4 N–H and O–H groups in total. The second-order valence-corrected chi connectivity index (χ2v) is 3.24. The van der Waals surface area contributed by atoms with Crippen LogP contribution < -0.4 is 11.6 Å². The van der Waals surface area contributed by atoms with Crippen LogP contribution in [-0.2, 0) is 0 Å². The third kappa shape index (κ3) is 2.49. The van der Waals surface area contributed by atoms with Crippen molar-refractivity contribution in [3.63, 3.8) is 0 Å². The minimum absolute atomic E-state index is 0.0458. The molecule has 7 nitrogen and oxygen atoms in total. The topological polar surface area (TPSA) is 115 Å². The van der Waals surface area contributed by atoms with Crippen LogP contribution in [0.5, 0.6) is 0 Å². The van der Waals surface area contributed by atoms with Crippen molar-refractivity contribution in [2.75, 3.05) is 0 Å². The fourth-order valence-electron chi connectivity index (χ4n) is 0.992. The van der Waals surface area contributed by atoms with Crippen LogP contribution in [0.15, 0.2) is 24.3 Å². The van der Waals surface area contributed by atoms with Gasteiger partial charge in [0.05, 0.1) is 4.92 Å². The lowest BCUT2D eigenvalue weighted by molar-refractivity contribution is -0.384. The van der Waals surface area contributed by atoms with Gasteiger partial charge in [-0.15, -0.1) is 0 Å². The number of hydrazine groups is 1. The SMILES string of the molecule is NC(=S)N(N)C(=O)c1cccc([N+](=O)[O-])c1. The quantitative estimate of drug-likeness (QED) is 0.250. The maximum absolute atomic E-state index is 11.6. The number of nitro groups is 1. The van der Waals surface area contributed by atoms with E-state index in [1.165, 1.54) is 18.2 Å². The van der Waals surface area contributed by atoms with E-state index in [2.05, 4.69) is 12.2 Å². The fourth-order valence-corrected chi connectivity index (χ4v) is 1.07. The van der Waals surface area contributed by atoms with Crippen LogP contribution in [-0.4, -0.2) is 21.0 Å². The number of carbonyl (C=O) groups excluding carboxylic acids is 1. The third-order valence-corrected chi connectivity index (χ3v) is 1.96. The zero-order valence-electron chi connectivity index (χ0n) is 7.99. The molecule has 0 bridgehead atoms. The lowest BCUT2D eigenvalue weighted by Crippen LogP contribution is -2.45. The van der Waals surface area contributed by atoms with Crippen molar-refractivity contribution in [1.82, 2.24) is 5.01 Å². The van der Waals surface area contributed by atoms with Gasteiger partial charge in [0, 0.05) is 17.7 Å². The number of carbonyl (C=O) groups is 1. The molecule has 0 aliphatic carbocycles. The molecule has 1 rings (SSSR count). The molecule has 0 saturated heterocycles.